The smallest absolute Gasteiger partial charge is 0.101 e. The molecule has 0 fully saturated rings. The van der Waals surface area contributed by atoms with Gasteiger partial charge in [-0.3, -0.25) is 4.98 Å². The van der Waals surface area contributed by atoms with Gasteiger partial charge in [-0.25, -0.2) is 0 Å². The van der Waals surface area contributed by atoms with Crippen molar-refractivity contribution in [3.8, 4) is 6.07 Å². The molecule has 0 atom stereocenters. The van der Waals surface area contributed by atoms with Gasteiger partial charge < -0.3 is 0 Å². The first-order valence-electron chi connectivity index (χ1n) is 5.95. The number of aryl methyl sites for hydroxylation is 1. The van der Waals surface area contributed by atoms with E-state index >= 15 is 0 Å². The maximum absolute atomic E-state index is 9.18. The molecule has 2 rings (SSSR count). The van der Waals surface area contributed by atoms with Gasteiger partial charge in [0.1, 0.15) is 6.07 Å². The zero-order valence-electron chi connectivity index (χ0n) is 10.7. The average Bonchev–Trinajstić information content (AvgIpc) is 2.46. The first-order valence-corrected chi connectivity index (χ1v) is 5.95. The van der Waals surface area contributed by atoms with Crippen molar-refractivity contribution in [3.05, 3.63) is 65.5 Å². The Balaban J connectivity index is 0.00000180. The minimum Gasteiger partial charge on any atom is -0.256 e. The van der Waals surface area contributed by atoms with E-state index in [0.717, 1.165) is 12.0 Å². The Bertz CT molecular complexity index is 580. The second kappa shape index (κ2) is 7.35. The molecule has 0 bridgehead atoms. The van der Waals surface area contributed by atoms with Crippen molar-refractivity contribution in [1.82, 2.24) is 4.98 Å². The van der Waals surface area contributed by atoms with Crippen LogP contribution in [-0.2, 0) is 6.42 Å². The standard InChI is InChI=1S/C16H14N2.ClH/c1-2-13-6-8-14(9-7-13)11-15(12-17)16-5-3-4-10-18-16;/h3-11H,2H2,1H3;1H/b15-11+;. The number of aromatic nitrogens is 1. The summed E-state index contributed by atoms with van der Waals surface area (Å²) < 4.78 is 0. The molecule has 1 heterocycles. The molecule has 2 aromatic rings. The molecular weight excluding hydrogens is 256 g/mol. The summed E-state index contributed by atoms with van der Waals surface area (Å²) >= 11 is 0. The number of rotatable bonds is 3. The predicted molar refractivity (Wildman–Crippen MR) is 80.8 cm³/mol. The van der Waals surface area contributed by atoms with E-state index in [1.165, 1.54) is 5.56 Å². The molecule has 0 aliphatic heterocycles. The third kappa shape index (κ3) is 3.94. The molecule has 0 spiro atoms. The lowest BCUT2D eigenvalue weighted by Crippen LogP contribution is -1.86. The van der Waals surface area contributed by atoms with Gasteiger partial charge in [0.25, 0.3) is 0 Å². The van der Waals surface area contributed by atoms with E-state index in [0.29, 0.717) is 11.3 Å². The van der Waals surface area contributed by atoms with Crippen LogP contribution in [0.1, 0.15) is 23.7 Å². The number of halogens is 1. The van der Waals surface area contributed by atoms with Crippen LogP contribution in [0.3, 0.4) is 0 Å². The summed E-state index contributed by atoms with van der Waals surface area (Å²) in [7, 11) is 0. The average molecular weight is 271 g/mol. The Hall–Kier alpha value is -2.11. The molecule has 2 nitrogen and oxygen atoms in total. The normalized spacial score (nSPS) is 10.4. The van der Waals surface area contributed by atoms with Crippen LogP contribution in [0.4, 0.5) is 0 Å². The lowest BCUT2D eigenvalue weighted by atomic mass is 10.1. The Morgan fingerprint density at radius 3 is 2.47 bits per heavy atom. The lowest BCUT2D eigenvalue weighted by Gasteiger charge is -2.00. The van der Waals surface area contributed by atoms with Crippen molar-refractivity contribution in [3.63, 3.8) is 0 Å². The summed E-state index contributed by atoms with van der Waals surface area (Å²) in [5.74, 6) is 0. The van der Waals surface area contributed by atoms with Crippen molar-refractivity contribution >= 4 is 24.1 Å². The summed E-state index contributed by atoms with van der Waals surface area (Å²) in [6, 6.07) is 16.0. The van der Waals surface area contributed by atoms with E-state index in [2.05, 4.69) is 30.1 Å². The first-order chi connectivity index (χ1) is 8.83. The van der Waals surface area contributed by atoms with E-state index in [4.69, 9.17) is 0 Å². The maximum atomic E-state index is 9.18. The largest absolute Gasteiger partial charge is 0.256 e. The summed E-state index contributed by atoms with van der Waals surface area (Å²) in [5, 5.41) is 9.18. The quantitative estimate of drug-likeness (QED) is 0.787. The minimum absolute atomic E-state index is 0. The molecule has 1 aromatic heterocycles. The third-order valence-electron chi connectivity index (χ3n) is 2.76. The van der Waals surface area contributed by atoms with E-state index in [1.807, 2.05) is 36.4 Å². The molecule has 0 saturated heterocycles. The number of nitrogens with zero attached hydrogens (tertiary/aromatic N) is 2. The number of allylic oxidation sites excluding steroid dienone is 1. The number of nitriles is 1. The van der Waals surface area contributed by atoms with Gasteiger partial charge >= 0.3 is 0 Å². The van der Waals surface area contributed by atoms with Crippen LogP contribution in [0.25, 0.3) is 11.6 Å². The van der Waals surface area contributed by atoms with Crippen LogP contribution in [0.15, 0.2) is 48.7 Å². The van der Waals surface area contributed by atoms with Crippen LogP contribution >= 0.6 is 12.4 Å². The number of hydrogen-bond donors (Lipinski definition) is 0. The van der Waals surface area contributed by atoms with E-state index in [9.17, 15) is 5.26 Å². The molecule has 0 N–H and O–H groups in total. The highest BCUT2D eigenvalue weighted by Gasteiger charge is 2.01. The summed E-state index contributed by atoms with van der Waals surface area (Å²) in [6.07, 6.45) is 4.58. The SMILES string of the molecule is CCc1ccc(/C=C(\C#N)c2ccccn2)cc1.Cl. The van der Waals surface area contributed by atoms with Crippen molar-refractivity contribution in [2.75, 3.05) is 0 Å². The van der Waals surface area contributed by atoms with Crippen molar-refractivity contribution in [2.24, 2.45) is 0 Å². The van der Waals surface area contributed by atoms with Gasteiger partial charge in [0.05, 0.1) is 11.3 Å². The summed E-state index contributed by atoms with van der Waals surface area (Å²) in [4.78, 5) is 4.19. The molecule has 0 aliphatic rings. The summed E-state index contributed by atoms with van der Waals surface area (Å²) in [5.41, 5.74) is 3.61. The van der Waals surface area contributed by atoms with Gasteiger partial charge in [0.2, 0.25) is 0 Å². The van der Waals surface area contributed by atoms with Crippen LogP contribution in [0.5, 0.6) is 0 Å². The molecule has 1 aromatic carbocycles. The Labute approximate surface area is 119 Å². The Kier molecular flexibility index (Phi) is 5.78. The fraction of sp³-hybridized carbons (Fsp3) is 0.125. The van der Waals surface area contributed by atoms with Gasteiger partial charge in [0, 0.05) is 6.20 Å². The van der Waals surface area contributed by atoms with Gasteiger partial charge in [-0.15, -0.1) is 12.4 Å². The van der Waals surface area contributed by atoms with E-state index in [-0.39, 0.29) is 12.4 Å². The molecule has 0 amide bonds. The van der Waals surface area contributed by atoms with Gasteiger partial charge in [-0.1, -0.05) is 37.3 Å². The molecule has 0 aliphatic carbocycles. The number of benzene rings is 1. The van der Waals surface area contributed by atoms with Gasteiger partial charge in [0.15, 0.2) is 0 Å². The van der Waals surface area contributed by atoms with Crippen molar-refractivity contribution < 1.29 is 0 Å². The predicted octanol–water partition coefficient (Wildman–Crippen LogP) is 4.13. The molecule has 0 unspecified atom stereocenters. The van der Waals surface area contributed by atoms with Crippen LogP contribution in [-0.4, -0.2) is 4.98 Å². The second-order valence-electron chi connectivity index (χ2n) is 3.98. The minimum atomic E-state index is 0. The van der Waals surface area contributed by atoms with E-state index < -0.39 is 0 Å². The highest BCUT2D eigenvalue weighted by Crippen LogP contribution is 2.15. The van der Waals surface area contributed by atoms with Crippen LogP contribution < -0.4 is 0 Å². The molecule has 3 heteroatoms. The third-order valence-corrected chi connectivity index (χ3v) is 2.76. The Morgan fingerprint density at radius 1 is 1.21 bits per heavy atom. The highest BCUT2D eigenvalue weighted by molar-refractivity contribution is 5.88. The zero-order valence-corrected chi connectivity index (χ0v) is 11.5. The van der Waals surface area contributed by atoms with Gasteiger partial charge in [-0.05, 0) is 35.8 Å². The Morgan fingerprint density at radius 2 is 1.95 bits per heavy atom. The molecular formula is C16H15ClN2. The topological polar surface area (TPSA) is 36.7 Å². The monoisotopic (exact) mass is 270 g/mol. The fourth-order valence-electron chi connectivity index (χ4n) is 1.70. The molecule has 96 valence electrons. The first kappa shape index (κ1) is 14.9. The number of hydrogen-bond acceptors (Lipinski definition) is 2. The van der Waals surface area contributed by atoms with Crippen LogP contribution in [0, 0.1) is 11.3 Å². The zero-order chi connectivity index (χ0) is 12.8. The molecule has 19 heavy (non-hydrogen) atoms. The highest BCUT2D eigenvalue weighted by atomic mass is 35.5. The van der Waals surface area contributed by atoms with Crippen LogP contribution in [0.2, 0.25) is 0 Å². The molecule has 0 saturated carbocycles. The maximum Gasteiger partial charge on any atom is 0.101 e. The summed E-state index contributed by atoms with van der Waals surface area (Å²) in [6.45, 7) is 2.12. The fourth-order valence-corrected chi connectivity index (χ4v) is 1.70. The lowest BCUT2D eigenvalue weighted by molar-refractivity contribution is 1.14. The second-order valence-corrected chi connectivity index (χ2v) is 3.98. The molecule has 0 radical (unpaired) electrons. The van der Waals surface area contributed by atoms with E-state index in [1.54, 1.807) is 6.20 Å². The number of pyridine rings is 1. The van der Waals surface area contributed by atoms with Crippen molar-refractivity contribution in [1.29, 1.82) is 5.26 Å². The van der Waals surface area contributed by atoms with Gasteiger partial charge in [-0.2, -0.15) is 5.26 Å². The van der Waals surface area contributed by atoms with Crippen molar-refractivity contribution in [2.45, 2.75) is 13.3 Å².